The molecule has 2 heterocycles. The van der Waals surface area contributed by atoms with Crippen LogP contribution in [0, 0.1) is 5.41 Å². The van der Waals surface area contributed by atoms with E-state index in [1.165, 1.54) is 4.90 Å². The van der Waals surface area contributed by atoms with Crippen LogP contribution >= 0.6 is 0 Å². The first-order valence-corrected chi connectivity index (χ1v) is 7.94. The lowest BCUT2D eigenvalue weighted by Gasteiger charge is -2.30. The normalized spacial score (nSPS) is 19.9. The number of aromatic nitrogens is 1. The minimum Gasteiger partial charge on any atom is -0.480 e. The summed E-state index contributed by atoms with van der Waals surface area (Å²) in [5, 5.41) is 12.7. The van der Waals surface area contributed by atoms with Crippen molar-refractivity contribution >= 4 is 11.9 Å². The first-order chi connectivity index (χ1) is 10.8. The Morgan fingerprint density at radius 1 is 1.48 bits per heavy atom. The van der Waals surface area contributed by atoms with Crippen molar-refractivity contribution in [2.75, 3.05) is 6.54 Å². The van der Waals surface area contributed by atoms with Crippen molar-refractivity contribution in [3.63, 3.8) is 0 Å². The summed E-state index contributed by atoms with van der Waals surface area (Å²) < 4.78 is 0. The van der Waals surface area contributed by atoms with Gasteiger partial charge < -0.3 is 15.3 Å². The predicted molar refractivity (Wildman–Crippen MR) is 86.7 cm³/mol. The molecule has 1 aliphatic rings. The fourth-order valence-corrected chi connectivity index (χ4v) is 2.84. The van der Waals surface area contributed by atoms with Gasteiger partial charge in [-0.2, -0.15) is 0 Å². The number of hydrogen-bond donors (Lipinski definition) is 2. The Hall–Kier alpha value is -1.95. The van der Waals surface area contributed by atoms with Crippen molar-refractivity contribution in [1.82, 2.24) is 15.2 Å². The van der Waals surface area contributed by atoms with Crippen LogP contribution in [0.1, 0.15) is 39.3 Å². The number of carbonyl (C=O) groups excluding carboxylic acids is 1. The number of rotatable bonds is 6. The van der Waals surface area contributed by atoms with Gasteiger partial charge in [0.15, 0.2) is 0 Å². The highest BCUT2D eigenvalue weighted by molar-refractivity contribution is 5.88. The van der Waals surface area contributed by atoms with E-state index in [-0.39, 0.29) is 17.4 Å². The Bertz CT molecular complexity index is 554. The maximum atomic E-state index is 12.5. The molecule has 1 aromatic rings. The van der Waals surface area contributed by atoms with Crippen LogP contribution in [0.5, 0.6) is 0 Å². The Balaban J connectivity index is 1.98. The summed E-state index contributed by atoms with van der Waals surface area (Å²) in [6.07, 6.45) is 2.78. The maximum Gasteiger partial charge on any atom is 0.326 e. The first-order valence-electron chi connectivity index (χ1n) is 7.94. The van der Waals surface area contributed by atoms with E-state index in [2.05, 4.69) is 10.3 Å². The molecule has 0 radical (unpaired) electrons. The summed E-state index contributed by atoms with van der Waals surface area (Å²) in [7, 11) is 0. The van der Waals surface area contributed by atoms with Gasteiger partial charge in [-0.25, -0.2) is 4.79 Å². The zero-order valence-corrected chi connectivity index (χ0v) is 14.0. The third-order valence-corrected chi connectivity index (χ3v) is 3.96. The lowest BCUT2D eigenvalue weighted by molar-refractivity contribution is -0.150. The van der Waals surface area contributed by atoms with Crippen LogP contribution in [-0.4, -0.2) is 45.5 Å². The molecule has 2 rings (SSSR count). The largest absolute Gasteiger partial charge is 0.480 e. The van der Waals surface area contributed by atoms with E-state index >= 15 is 0 Å². The van der Waals surface area contributed by atoms with Crippen molar-refractivity contribution in [3.8, 4) is 0 Å². The second kappa shape index (κ2) is 7.08. The minimum absolute atomic E-state index is 0.127. The van der Waals surface area contributed by atoms with E-state index in [1.807, 2.05) is 39.0 Å². The third kappa shape index (κ3) is 4.76. The van der Waals surface area contributed by atoms with Gasteiger partial charge in [-0.1, -0.05) is 26.8 Å². The molecular formula is C17H25N3O3. The first kappa shape index (κ1) is 17.4. The Kier molecular flexibility index (Phi) is 5.36. The molecule has 0 unspecified atom stereocenters. The van der Waals surface area contributed by atoms with E-state index in [0.717, 1.165) is 5.69 Å². The third-order valence-electron chi connectivity index (χ3n) is 3.96. The molecule has 1 aromatic heterocycles. The van der Waals surface area contributed by atoms with Gasteiger partial charge in [-0.15, -0.1) is 0 Å². The number of likely N-dealkylation sites (tertiary alicyclic amines) is 1. The molecule has 0 saturated carbocycles. The van der Waals surface area contributed by atoms with E-state index in [4.69, 9.17) is 0 Å². The summed E-state index contributed by atoms with van der Waals surface area (Å²) in [6, 6.07) is 4.54. The zero-order chi connectivity index (χ0) is 17.0. The van der Waals surface area contributed by atoms with Crippen LogP contribution in [0.25, 0.3) is 0 Å². The quantitative estimate of drug-likeness (QED) is 0.833. The fourth-order valence-electron chi connectivity index (χ4n) is 2.84. The standard InChI is InChI=1S/C17H25N3O3/c1-17(2,3)10-14(16(22)23)20-9-7-13(15(20)21)19-11-12-6-4-5-8-18-12/h4-6,8,13-14,19H,7,9-11H2,1-3H3,(H,22,23)/t13-,14-/m0/s1. The van der Waals surface area contributed by atoms with E-state index in [9.17, 15) is 14.7 Å². The van der Waals surface area contributed by atoms with Gasteiger partial charge in [0.25, 0.3) is 0 Å². The van der Waals surface area contributed by atoms with Gasteiger partial charge in [0.2, 0.25) is 5.91 Å². The van der Waals surface area contributed by atoms with Crippen LogP contribution in [-0.2, 0) is 16.1 Å². The average Bonchev–Trinajstić information content (AvgIpc) is 2.83. The van der Waals surface area contributed by atoms with E-state index in [1.54, 1.807) is 6.20 Å². The lowest BCUT2D eigenvalue weighted by Crippen LogP contribution is -2.47. The number of nitrogens with zero attached hydrogens (tertiary/aromatic N) is 2. The van der Waals surface area contributed by atoms with Crippen molar-refractivity contribution in [1.29, 1.82) is 0 Å². The van der Waals surface area contributed by atoms with Crippen LogP contribution in [0.4, 0.5) is 0 Å². The van der Waals surface area contributed by atoms with Crippen molar-refractivity contribution < 1.29 is 14.7 Å². The average molecular weight is 319 g/mol. The molecule has 1 aliphatic heterocycles. The molecule has 0 bridgehead atoms. The van der Waals surface area contributed by atoms with Crippen LogP contribution < -0.4 is 5.32 Å². The number of carbonyl (C=O) groups is 2. The summed E-state index contributed by atoms with van der Waals surface area (Å²) >= 11 is 0. The number of carboxylic acids is 1. The zero-order valence-electron chi connectivity index (χ0n) is 14.0. The van der Waals surface area contributed by atoms with Crippen LogP contribution in [0.2, 0.25) is 0 Å². The minimum atomic E-state index is -0.932. The number of pyridine rings is 1. The summed E-state index contributed by atoms with van der Waals surface area (Å²) in [5.41, 5.74) is 0.714. The van der Waals surface area contributed by atoms with Gasteiger partial charge in [0.05, 0.1) is 11.7 Å². The molecule has 1 fully saturated rings. The van der Waals surface area contributed by atoms with E-state index < -0.39 is 12.0 Å². The molecule has 1 saturated heterocycles. The molecule has 126 valence electrons. The molecule has 1 amide bonds. The predicted octanol–water partition coefficient (Wildman–Crippen LogP) is 1.66. The van der Waals surface area contributed by atoms with Gasteiger partial charge >= 0.3 is 5.97 Å². The smallest absolute Gasteiger partial charge is 0.326 e. The number of nitrogens with one attached hydrogen (secondary N) is 1. The highest BCUT2D eigenvalue weighted by Crippen LogP contribution is 2.26. The van der Waals surface area contributed by atoms with E-state index in [0.29, 0.717) is 25.9 Å². The summed E-state index contributed by atoms with van der Waals surface area (Å²) in [5.74, 6) is -1.06. The molecule has 23 heavy (non-hydrogen) atoms. The number of carboxylic acid groups (broad SMARTS) is 1. The molecule has 6 heteroatoms. The topological polar surface area (TPSA) is 82.5 Å². The lowest BCUT2D eigenvalue weighted by atomic mass is 9.87. The van der Waals surface area contributed by atoms with Gasteiger partial charge in [0.1, 0.15) is 6.04 Å². The molecule has 2 atom stereocenters. The second-order valence-electron chi connectivity index (χ2n) is 7.19. The highest BCUT2D eigenvalue weighted by atomic mass is 16.4. The molecule has 0 aromatic carbocycles. The van der Waals surface area contributed by atoms with Gasteiger partial charge in [0, 0.05) is 19.3 Å². The van der Waals surface area contributed by atoms with Crippen molar-refractivity contribution in [2.24, 2.45) is 5.41 Å². The van der Waals surface area contributed by atoms with Gasteiger partial charge in [-0.05, 0) is 30.4 Å². The number of aliphatic carboxylic acids is 1. The molecule has 0 aliphatic carbocycles. The Labute approximate surface area is 136 Å². The van der Waals surface area contributed by atoms with Crippen LogP contribution in [0.15, 0.2) is 24.4 Å². The van der Waals surface area contributed by atoms with Crippen LogP contribution in [0.3, 0.4) is 0 Å². The van der Waals surface area contributed by atoms with Crippen molar-refractivity contribution in [3.05, 3.63) is 30.1 Å². The Morgan fingerprint density at radius 3 is 2.78 bits per heavy atom. The highest BCUT2D eigenvalue weighted by Gasteiger charge is 2.40. The molecular weight excluding hydrogens is 294 g/mol. The SMILES string of the molecule is CC(C)(C)C[C@@H](C(=O)O)N1CC[C@H](NCc2ccccn2)C1=O. The molecule has 2 N–H and O–H groups in total. The number of amides is 1. The second-order valence-corrected chi connectivity index (χ2v) is 7.19. The summed E-state index contributed by atoms with van der Waals surface area (Å²) in [6.45, 7) is 6.94. The molecule has 6 nitrogen and oxygen atoms in total. The van der Waals surface area contributed by atoms with Gasteiger partial charge in [-0.3, -0.25) is 9.78 Å². The Morgan fingerprint density at radius 2 is 2.22 bits per heavy atom. The monoisotopic (exact) mass is 319 g/mol. The summed E-state index contributed by atoms with van der Waals surface area (Å²) in [4.78, 5) is 29.8. The fraction of sp³-hybridized carbons (Fsp3) is 0.588. The van der Waals surface area contributed by atoms with Crippen molar-refractivity contribution in [2.45, 2.75) is 52.2 Å². The maximum absolute atomic E-state index is 12.5. The number of hydrogen-bond acceptors (Lipinski definition) is 4. The molecule has 0 spiro atoms.